The zero-order valence-corrected chi connectivity index (χ0v) is 12.8. The van der Waals surface area contributed by atoms with E-state index in [-0.39, 0.29) is 6.04 Å². The molecule has 0 radical (unpaired) electrons. The van der Waals surface area contributed by atoms with E-state index in [4.69, 9.17) is 8.83 Å². The standard InChI is InChI=1S/C16H16BrNO2/c1-2-8-18-15(12-7-9-19-16(12)17)14-10-11-5-3-4-6-13(11)20-14/h3-7,9-10,15,18H,2,8H2,1H3. The van der Waals surface area contributed by atoms with Crippen LogP contribution in [0.2, 0.25) is 0 Å². The summed E-state index contributed by atoms with van der Waals surface area (Å²) in [6.45, 7) is 3.06. The number of rotatable bonds is 5. The Balaban J connectivity index is 2.02. The van der Waals surface area contributed by atoms with Crippen LogP contribution in [-0.2, 0) is 0 Å². The van der Waals surface area contributed by atoms with Crippen LogP contribution in [0.4, 0.5) is 0 Å². The van der Waals surface area contributed by atoms with Gasteiger partial charge >= 0.3 is 0 Å². The number of benzene rings is 1. The molecule has 1 N–H and O–H groups in total. The van der Waals surface area contributed by atoms with Crippen molar-refractivity contribution in [2.45, 2.75) is 19.4 Å². The van der Waals surface area contributed by atoms with Crippen LogP contribution >= 0.6 is 15.9 Å². The monoisotopic (exact) mass is 333 g/mol. The number of hydrogen-bond acceptors (Lipinski definition) is 3. The first-order valence-electron chi connectivity index (χ1n) is 6.74. The Morgan fingerprint density at radius 3 is 2.80 bits per heavy atom. The predicted molar refractivity (Wildman–Crippen MR) is 82.8 cm³/mol. The largest absolute Gasteiger partial charge is 0.459 e. The lowest BCUT2D eigenvalue weighted by Gasteiger charge is -2.15. The number of furan rings is 2. The molecule has 1 aromatic carbocycles. The predicted octanol–water partition coefficient (Wildman–Crippen LogP) is 4.88. The van der Waals surface area contributed by atoms with Crippen LogP contribution in [0.3, 0.4) is 0 Å². The maximum atomic E-state index is 5.98. The molecule has 0 aliphatic rings. The minimum Gasteiger partial charge on any atom is -0.459 e. The van der Waals surface area contributed by atoms with E-state index >= 15 is 0 Å². The highest BCUT2D eigenvalue weighted by molar-refractivity contribution is 9.10. The highest BCUT2D eigenvalue weighted by atomic mass is 79.9. The summed E-state index contributed by atoms with van der Waals surface area (Å²) in [6, 6.07) is 12.1. The molecule has 3 aromatic rings. The third kappa shape index (κ3) is 2.53. The second-order valence-corrected chi connectivity index (χ2v) is 5.44. The molecule has 2 heterocycles. The van der Waals surface area contributed by atoms with E-state index in [0.717, 1.165) is 39.9 Å². The maximum absolute atomic E-state index is 5.98. The Morgan fingerprint density at radius 2 is 2.10 bits per heavy atom. The average Bonchev–Trinajstić information content (AvgIpc) is 3.06. The van der Waals surface area contributed by atoms with Crippen LogP contribution < -0.4 is 5.32 Å². The normalized spacial score (nSPS) is 12.9. The molecule has 0 bridgehead atoms. The van der Waals surface area contributed by atoms with Crippen LogP contribution in [0.1, 0.15) is 30.7 Å². The summed E-state index contributed by atoms with van der Waals surface area (Å²) in [5.41, 5.74) is 1.96. The smallest absolute Gasteiger partial charge is 0.174 e. The van der Waals surface area contributed by atoms with Crippen LogP contribution in [-0.4, -0.2) is 6.54 Å². The van der Waals surface area contributed by atoms with Crippen molar-refractivity contribution in [2.24, 2.45) is 0 Å². The Bertz CT molecular complexity index is 668. The molecule has 2 aromatic heterocycles. The van der Waals surface area contributed by atoms with Crippen molar-refractivity contribution in [1.82, 2.24) is 5.32 Å². The highest BCUT2D eigenvalue weighted by Crippen LogP contribution is 2.32. The third-order valence-corrected chi connectivity index (χ3v) is 3.93. The molecular weight excluding hydrogens is 318 g/mol. The van der Waals surface area contributed by atoms with Gasteiger partial charge in [0, 0.05) is 10.9 Å². The van der Waals surface area contributed by atoms with Gasteiger partial charge in [0.05, 0.1) is 12.3 Å². The Morgan fingerprint density at radius 1 is 1.25 bits per heavy atom. The molecular formula is C16H16BrNO2. The van der Waals surface area contributed by atoms with Crippen molar-refractivity contribution >= 4 is 26.9 Å². The van der Waals surface area contributed by atoms with Crippen molar-refractivity contribution in [3.05, 3.63) is 58.7 Å². The maximum Gasteiger partial charge on any atom is 0.174 e. The third-order valence-electron chi connectivity index (χ3n) is 3.28. The van der Waals surface area contributed by atoms with Gasteiger partial charge in [-0.3, -0.25) is 0 Å². The number of nitrogens with one attached hydrogen (secondary N) is 1. The molecule has 0 amide bonds. The molecule has 3 nitrogen and oxygen atoms in total. The van der Waals surface area contributed by atoms with E-state index in [0.29, 0.717) is 0 Å². The van der Waals surface area contributed by atoms with Crippen LogP contribution in [0.5, 0.6) is 0 Å². The van der Waals surface area contributed by atoms with Gasteiger partial charge in [0.1, 0.15) is 11.3 Å². The van der Waals surface area contributed by atoms with Crippen molar-refractivity contribution in [3.8, 4) is 0 Å². The van der Waals surface area contributed by atoms with Gasteiger partial charge in [0.25, 0.3) is 0 Å². The lowest BCUT2D eigenvalue weighted by Crippen LogP contribution is -2.22. The molecule has 0 fully saturated rings. The first-order chi connectivity index (χ1) is 9.79. The van der Waals surface area contributed by atoms with E-state index in [9.17, 15) is 0 Å². The Labute approximate surface area is 126 Å². The molecule has 104 valence electrons. The SMILES string of the molecule is CCCNC(c1cc2ccccc2o1)c1ccoc1Br. The minimum atomic E-state index is -0.00419. The fraction of sp³-hybridized carbons (Fsp3) is 0.250. The van der Waals surface area contributed by atoms with Gasteiger partial charge < -0.3 is 14.2 Å². The zero-order valence-electron chi connectivity index (χ0n) is 11.2. The summed E-state index contributed by atoms with van der Waals surface area (Å²) in [4.78, 5) is 0. The fourth-order valence-electron chi connectivity index (χ4n) is 2.31. The zero-order chi connectivity index (χ0) is 13.9. The van der Waals surface area contributed by atoms with E-state index in [2.05, 4.69) is 40.3 Å². The van der Waals surface area contributed by atoms with Crippen molar-refractivity contribution in [1.29, 1.82) is 0 Å². The number of para-hydroxylation sites is 1. The number of halogens is 1. The first kappa shape index (κ1) is 13.5. The topological polar surface area (TPSA) is 38.3 Å². The lowest BCUT2D eigenvalue weighted by atomic mass is 10.1. The second-order valence-electron chi connectivity index (χ2n) is 4.72. The summed E-state index contributed by atoms with van der Waals surface area (Å²) in [6.07, 6.45) is 2.74. The molecule has 4 heteroatoms. The van der Waals surface area contributed by atoms with Gasteiger partial charge in [-0.1, -0.05) is 25.1 Å². The molecule has 0 saturated carbocycles. The first-order valence-corrected chi connectivity index (χ1v) is 7.53. The molecule has 3 rings (SSSR count). The van der Waals surface area contributed by atoms with Crippen molar-refractivity contribution in [2.75, 3.05) is 6.54 Å². The Kier molecular flexibility index (Phi) is 3.94. The van der Waals surface area contributed by atoms with Gasteiger partial charge in [-0.05, 0) is 47.1 Å². The second kappa shape index (κ2) is 5.85. The summed E-state index contributed by atoms with van der Waals surface area (Å²) in [5, 5.41) is 4.62. The van der Waals surface area contributed by atoms with Crippen LogP contribution in [0.15, 0.2) is 56.2 Å². The lowest BCUT2D eigenvalue weighted by molar-refractivity contribution is 0.460. The summed E-state index contributed by atoms with van der Waals surface area (Å²) in [7, 11) is 0. The molecule has 0 aliphatic carbocycles. The fourth-order valence-corrected chi connectivity index (χ4v) is 2.78. The molecule has 0 spiro atoms. The van der Waals surface area contributed by atoms with Gasteiger partial charge in [-0.15, -0.1) is 0 Å². The van der Waals surface area contributed by atoms with Gasteiger partial charge in [0.2, 0.25) is 0 Å². The van der Waals surface area contributed by atoms with Crippen LogP contribution in [0.25, 0.3) is 11.0 Å². The quantitative estimate of drug-likeness (QED) is 0.723. The number of hydrogen-bond donors (Lipinski definition) is 1. The summed E-state index contributed by atoms with van der Waals surface area (Å²) < 4.78 is 12.1. The number of fused-ring (bicyclic) bond motifs is 1. The molecule has 0 saturated heterocycles. The molecule has 1 unspecified atom stereocenters. The average molecular weight is 334 g/mol. The molecule has 0 aliphatic heterocycles. The van der Waals surface area contributed by atoms with E-state index in [1.54, 1.807) is 6.26 Å². The van der Waals surface area contributed by atoms with E-state index in [1.165, 1.54) is 0 Å². The van der Waals surface area contributed by atoms with E-state index in [1.807, 2.05) is 24.3 Å². The van der Waals surface area contributed by atoms with Crippen molar-refractivity contribution < 1.29 is 8.83 Å². The molecule has 20 heavy (non-hydrogen) atoms. The molecule has 1 atom stereocenters. The van der Waals surface area contributed by atoms with Crippen molar-refractivity contribution in [3.63, 3.8) is 0 Å². The van der Waals surface area contributed by atoms with Gasteiger partial charge in [0.15, 0.2) is 4.67 Å². The van der Waals surface area contributed by atoms with Gasteiger partial charge in [-0.25, -0.2) is 0 Å². The Hall–Kier alpha value is -1.52. The highest BCUT2D eigenvalue weighted by Gasteiger charge is 2.21. The summed E-state index contributed by atoms with van der Waals surface area (Å²) in [5.74, 6) is 0.904. The summed E-state index contributed by atoms with van der Waals surface area (Å²) >= 11 is 3.45. The van der Waals surface area contributed by atoms with E-state index < -0.39 is 0 Å². The minimum absolute atomic E-state index is 0.00419. The van der Waals surface area contributed by atoms with Crippen LogP contribution in [0, 0.1) is 0 Å². The van der Waals surface area contributed by atoms with Gasteiger partial charge in [-0.2, -0.15) is 0 Å².